The maximum absolute atomic E-state index is 12.2. The van der Waals surface area contributed by atoms with Crippen molar-refractivity contribution in [3.05, 3.63) is 47.1 Å². The lowest BCUT2D eigenvalue weighted by Gasteiger charge is -2.21. The van der Waals surface area contributed by atoms with Gasteiger partial charge in [0.2, 0.25) is 5.91 Å². The number of fused-ring (bicyclic) bond motifs is 1. The van der Waals surface area contributed by atoms with E-state index in [0.29, 0.717) is 22.1 Å². The first-order valence-electron chi connectivity index (χ1n) is 6.57. The number of hydrogen-bond donors (Lipinski definition) is 2. The Morgan fingerprint density at radius 2 is 2.18 bits per heavy atom. The van der Waals surface area contributed by atoms with Crippen LogP contribution in [0.3, 0.4) is 0 Å². The Balaban J connectivity index is 1.80. The number of thioether (sulfide) groups is 1. The molecule has 3 rings (SSSR count). The van der Waals surface area contributed by atoms with Gasteiger partial charge in [-0.2, -0.15) is 0 Å². The molecule has 2 heterocycles. The van der Waals surface area contributed by atoms with Crippen LogP contribution in [0.2, 0.25) is 5.02 Å². The van der Waals surface area contributed by atoms with Crippen LogP contribution < -0.4 is 10.6 Å². The van der Waals surface area contributed by atoms with Crippen molar-refractivity contribution >= 4 is 46.7 Å². The topological polar surface area (TPSA) is 71.1 Å². The van der Waals surface area contributed by atoms with Crippen molar-refractivity contribution in [2.45, 2.75) is 17.1 Å². The zero-order chi connectivity index (χ0) is 15.7. The molecule has 1 aliphatic rings. The molecule has 5 nitrogen and oxygen atoms in total. The SMILES string of the molecule is C[C@H]1Sc2ccc(C(=O)Nc3ccc(Cl)cn3)cc2NC1=O. The van der Waals surface area contributed by atoms with Gasteiger partial charge < -0.3 is 10.6 Å². The van der Waals surface area contributed by atoms with Crippen molar-refractivity contribution in [1.82, 2.24) is 4.98 Å². The van der Waals surface area contributed by atoms with Crippen LogP contribution >= 0.6 is 23.4 Å². The van der Waals surface area contributed by atoms with Crippen molar-refractivity contribution in [1.29, 1.82) is 0 Å². The highest BCUT2D eigenvalue weighted by Gasteiger charge is 2.23. The van der Waals surface area contributed by atoms with Gasteiger partial charge in [0, 0.05) is 16.7 Å². The molecule has 112 valence electrons. The second-order valence-electron chi connectivity index (χ2n) is 4.78. The fourth-order valence-corrected chi connectivity index (χ4v) is 3.03. The number of amides is 2. The number of aromatic nitrogens is 1. The Bertz CT molecular complexity index is 749. The summed E-state index contributed by atoms with van der Waals surface area (Å²) in [4.78, 5) is 28.9. The second kappa shape index (κ2) is 5.98. The maximum Gasteiger partial charge on any atom is 0.256 e. The van der Waals surface area contributed by atoms with Crippen LogP contribution in [0.1, 0.15) is 17.3 Å². The third-order valence-corrected chi connectivity index (χ3v) is 4.54. The van der Waals surface area contributed by atoms with Crippen LogP contribution in [-0.4, -0.2) is 22.0 Å². The molecular weight excluding hydrogens is 322 g/mol. The van der Waals surface area contributed by atoms with Gasteiger partial charge >= 0.3 is 0 Å². The van der Waals surface area contributed by atoms with Crippen molar-refractivity contribution in [2.24, 2.45) is 0 Å². The van der Waals surface area contributed by atoms with E-state index in [2.05, 4.69) is 15.6 Å². The van der Waals surface area contributed by atoms with Crippen molar-refractivity contribution in [3.63, 3.8) is 0 Å². The van der Waals surface area contributed by atoms with Crippen LogP contribution in [0.5, 0.6) is 0 Å². The average Bonchev–Trinajstić information content (AvgIpc) is 2.50. The third-order valence-electron chi connectivity index (χ3n) is 3.14. The summed E-state index contributed by atoms with van der Waals surface area (Å²) in [5.74, 6) is 0.0593. The molecule has 22 heavy (non-hydrogen) atoms. The number of nitrogens with one attached hydrogen (secondary N) is 2. The molecule has 1 atom stereocenters. The molecular formula is C15H12ClN3O2S. The summed E-state index contributed by atoms with van der Waals surface area (Å²) >= 11 is 7.23. The second-order valence-corrected chi connectivity index (χ2v) is 6.60. The van der Waals surface area contributed by atoms with Gasteiger partial charge in [0.05, 0.1) is 16.0 Å². The van der Waals surface area contributed by atoms with Crippen LogP contribution in [-0.2, 0) is 4.79 Å². The molecule has 0 bridgehead atoms. The van der Waals surface area contributed by atoms with E-state index in [0.717, 1.165) is 4.90 Å². The number of pyridine rings is 1. The van der Waals surface area contributed by atoms with E-state index in [9.17, 15) is 9.59 Å². The Hall–Kier alpha value is -2.05. The summed E-state index contributed by atoms with van der Waals surface area (Å²) in [7, 11) is 0. The predicted octanol–water partition coefficient (Wildman–Crippen LogP) is 3.42. The molecule has 1 aromatic heterocycles. The minimum Gasteiger partial charge on any atom is -0.324 e. The third kappa shape index (κ3) is 3.08. The minimum absolute atomic E-state index is 0.0607. The standard InChI is InChI=1S/C15H12ClN3O2S/c1-8-14(20)18-11-6-9(2-4-12(11)22-8)15(21)19-13-5-3-10(16)7-17-13/h2-8H,1H3,(H,18,20)(H,17,19,21)/t8-/m1/s1. The van der Waals surface area contributed by atoms with Gasteiger partial charge in [0.1, 0.15) is 5.82 Å². The normalized spacial score (nSPS) is 16.6. The molecule has 1 aliphatic heterocycles. The molecule has 0 aliphatic carbocycles. The Labute approximate surface area is 136 Å². The van der Waals surface area contributed by atoms with E-state index in [1.807, 2.05) is 13.0 Å². The first kappa shape index (κ1) is 14.9. The summed E-state index contributed by atoms with van der Waals surface area (Å²) in [6.07, 6.45) is 1.46. The smallest absolute Gasteiger partial charge is 0.256 e. The van der Waals surface area contributed by atoms with Gasteiger partial charge in [-0.1, -0.05) is 11.6 Å². The number of hydrogen-bond acceptors (Lipinski definition) is 4. The van der Waals surface area contributed by atoms with Gasteiger partial charge in [-0.25, -0.2) is 4.98 Å². The molecule has 0 saturated carbocycles. The number of nitrogens with zero attached hydrogens (tertiary/aromatic N) is 1. The summed E-state index contributed by atoms with van der Waals surface area (Å²) in [5, 5.41) is 5.85. The zero-order valence-electron chi connectivity index (χ0n) is 11.6. The molecule has 7 heteroatoms. The maximum atomic E-state index is 12.2. The molecule has 0 spiro atoms. The minimum atomic E-state index is -0.296. The summed E-state index contributed by atoms with van der Waals surface area (Å²) in [5.41, 5.74) is 1.11. The fraction of sp³-hybridized carbons (Fsp3) is 0.133. The first-order valence-corrected chi connectivity index (χ1v) is 7.83. The van der Waals surface area contributed by atoms with E-state index >= 15 is 0 Å². The van der Waals surface area contributed by atoms with Crippen LogP contribution in [0.15, 0.2) is 41.4 Å². The highest BCUT2D eigenvalue weighted by Crippen LogP contribution is 2.36. The van der Waals surface area contributed by atoms with Crippen LogP contribution in [0.25, 0.3) is 0 Å². The average molecular weight is 334 g/mol. The Morgan fingerprint density at radius 1 is 1.36 bits per heavy atom. The number of carbonyl (C=O) groups excluding carboxylic acids is 2. The fourth-order valence-electron chi connectivity index (χ4n) is 1.99. The molecule has 0 unspecified atom stereocenters. The lowest BCUT2D eigenvalue weighted by Crippen LogP contribution is -2.26. The van der Waals surface area contributed by atoms with Gasteiger partial charge in [-0.05, 0) is 37.3 Å². The van der Waals surface area contributed by atoms with Crippen LogP contribution in [0.4, 0.5) is 11.5 Å². The number of benzene rings is 1. The summed E-state index contributed by atoms with van der Waals surface area (Å²) in [6, 6.07) is 8.49. The highest BCUT2D eigenvalue weighted by atomic mass is 35.5. The summed E-state index contributed by atoms with van der Waals surface area (Å²) in [6.45, 7) is 1.84. The number of carbonyl (C=O) groups is 2. The monoisotopic (exact) mass is 333 g/mol. The van der Waals surface area contributed by atoms with Gasteiger partial charge in [0.25, 0.3) is 5.91 Å². The molecule has 2 aromatic rings. The molecule has 1 aromatic carbocycles. The Kier molecular flexibility index (Phi) is 4.04. The molecule has 0 saturated heterocycles. The number of anilines is 2. The van der Waals surface area contributed by atoms with E-state index < -0.39 is 0 Å². The van der Waals surface area contributed by atoms with E-state index in [-0.39, 0.29) is 17.1 Å². The molecule has 0 radical (unpaired) electrons. The lowest BCUT2D eigenvalue weighted by molar-refractivity contribution is -0.115. The molecule has 0 fully saturated rings. The lowest BCUT2D eigenvalue weighted by atomic mass is 10.1. The molecule has 2 amide bonds. The quantitative estimate of drug-likeness (QED) is 0.883. The van der Waals surface area contributed by atoms with E-state index in [1.165, 1.54) is 18.0 Å². The largest absolute Gasteiger partial charge is 0.324 e. The van der Waals surface area contributed by atoms with Crippen molar-refractivity contribution < 1.29 is 9.59 Å². The van der Waals surface area contributed by atoms with Crippen molar-refractivity contribution in [3.8, 4) is 0 Å². The van der Waals surface area contributed by atoms with E-state index in [4.69, 9.17) is 11.6 Å². The van der Waals surface area contributed by atoms with Gasteiger partial charge in [0.15, 0.2) is 0 Å². The van der Waals surface area contributed by atoms with E-state index in [1.54, 1.807) is 24.3 Å². The predicted molar refractivity (Wildman–Crippen MR) is 87.6 cm³/mol. The van der Waals surface area contributed by atoms with Crippen LogP contribution in [0, 0.1) is 0 Å². The number of rotatable bonds is 2. The summed E-state index contributed by atoms with van der Waals surface area (Å²) < 4.78 is 0. The molecule has 2 N–H and O–H groups in total. The zero-order valence-corrected chi connectivity index (χ0v) is 13.2. The first-order chi connectivity index (χ1) is 10.5. The number of halogens is 1. The van der Waals surface area contributed by atoms with Gasteiger partial charge in [-0.3, -0.25) is 9.59 Å². The van der Waals surface area contributed by atoms with Crippen molar-refractivity contribution in [2.75, 3.05) is 10.6 Å². The Morgan fingerprint density at radius 3 is 2.91 bits per heavy atom. The van der Waals surface area contributed by atoms with Gasteiger partial charge in [-0.15, -0.1) is 11.8 Å². The highest BCUT2D eigenvalue weighted by molar-refractivity contribution is 8.00.